The van der Waals surface area contributed by atoms with Crippen LogP contribution < -0.4 is 10.6 Å². The number of nitrogens with zero attached hydrogens (tertiary/aromatic N) is 5. The number of anilines is 2. The lowest BCUT2D eigenvalue weighted by Gasteiger charge is -2.36. The molecule has 1 aliphatic rings. The third kappa shape index (κ3) is 8.48. The molecule has 0 spiro atoms. The van der Waals surface area contributed by atoms with Crippen molar-refractivity contribution in [1.29, 1.82) is 5.26 Å². The minimum Gasteiger partial charge on any atom is -0.466 e. The fourth-order valence-corrected chi connectivity index (χ4v) is 6.07. The highest BCUT2D eigenvalue weighted by Gasteiger charge is 2.41. The molecule has 2 heterocycles. The molecule has 0 unspecified atom stereocenters. The van der Waals surface area contributed by atoms with Gasteiger partial charge in [-0.2, -0.15) is 26.9 Å². The molecule has 0 amide bonds. The number of aromatic nitrogens is 3. The maximum Gasteiger partial charge on any atom is 0.416 e. The Morgan fingerprint density at radius 1 is 1.08 bits per heavy atom. The molecule has 2 N–H and O–H groups in total. The number of ether oxygens (including phenoxy) is 1. The van der Waals surface area contributed by atoms with Crippen molar-refractivity contribution in [3.63, 3.8) is 0 Å². The monoisotopic (exact) mass is 713 g/mol. The SMILES string of the molecule is COC(=O)C1=C(C)N(c2cccc(C(F)(F)F)c2)c2n[nH]c(=O)n2[C@@H]1c1ccc(C#N)cc1CCC[N+](C)(C)C.O=S(=O)(O)c1ccccc1. The van der Waals surface area contributed by atoms with E-state index in [0.29, 0.717) is 17.5 Å². The van der Waals surface area contributed by atoms with Gasteiger partial charge in [-0.1, -0.05) is 30.3 Å². The number of carbonyl (C=O) groups excluding carboxylic acids is 1. The van der Waals surface area contributed by atoms with Crippen molar-refractivity contribution in [2.75, 3.05) is 39.7 Å². The van der Waals surface area contributed by atoms with E-state index in [-0.39, 0.29) is 27.8 Å². The number of methoxy groups -OCH3 is 1. The lowest BCUT2D eigenvalue weighted by molar-refractivity contribution is -0.870. The van der Waals surface area contributed by atoms with Crippen LogP contribution in [-0.4, -0.2) is 73.0 Å². The Kier molecular flexibility index (Phi) is 11.1. The van der Waals surface area contributed by atoms with Gasteiger partial charge in [0.2, 0.25) is 5.95 Å². The van der Waals surface area contributed by atoms with E-state index in [2.05, 4.69) is 37.4 Å². The molecule has 0 aliphatic carbocycles. The van der Waals surface area contributed by atoms with Crippen molar-refractivity contribution in [1.82, 2.24) is 14.8 Å². The Morgan fingerprint density at radius 2 is 1.76 bits per heavy atom. The average Bonchev–Trinajstić information content (AvgIpc) is 3.43. The summed E-state index contributed by atoms with van der Waals surface area (Å²) in [4.78, 5) is 27.8. The van der Waals surface area contributed by atoms with Crippen molar-refractivity contribution < 1.29 is 40.2 Å². The summed E-state index contributed by atoms with van der Waals surface area (Å²) in [6.07, 6.45) is -3.28. The van der Waals surface area contributed by atoms with Crippen LogP contribution >= 0.6 is 0 Å². The van der Waals surface area contributed by atoms with Crippen LogP contribution in [0.2, 0.25) is 0 Å². The molecule has 12 nitrogen and oxygen atoms in total. The Hall–Kier alpha value is -5.24. The van der Waals surface area contributed by atoms with Crippen LogP contribution in [0.25, 0.3) is 0 Å². The normalized spacial score (nSPS) is 14.7. The maximum atomic E-state index is 13.6. The number of benzene rings is 3. The van der Waals surface area contributed by atoms with Crippen LogP contribution in [0.4, 0.5) is 24.8 Å². The summed E-state index contributed by atoms with van der Waals surface area (Å²) >= 11 is 0. The van der Waals surface area contributed by atoms with Gasteiger partial charge in [0.1, 0.15) is 6.04 Å². The number of quaternary nitrogens is 1. The van der Waals surface area contributed by atoms with E-state index in [1.54, 1.807) is 43.3 Å². The smallest absolute Gasteiger partial charge is 0.416 e. The highest BCUT2D eigenvalue weighted by molar-refractivity contribution is 7.85. The van der Waals surface area contributed by atoms with Crippen molar-refractivity contribution in [3.05, 3.63) is 117 Å². The van der Waals surface area contributed by atoms with Gasteiger partial charge in [0.25, 0.3) is 10.1 Å². The second-order valence-electron chi connectivity index (χ2n) is 12.4. The number of halogens is 3. The molecule has 0 bridgehead atoms. The first-order valence-electron chi connectivity index (χ1n) is 15.2. The van der Waals surface area contributed by atoms with Crippen LogP contribution in [0.5, 0.6) is 0 Å². The topological polar surface area (TPSA) is 158 Å². The van der Waals surface area contributed by atoms with Crippen molar-refractivity contribution in [2.24, 2.45) is 0 Å². The molecule has 16 heteroatoms. The lowest BCUT2D eigenvalue weighted by atomic mass is 9.88. The summed E-state index contributed by atoms with van der Waals surface area (Å²) in [6, 6.07) is 18.2. The zero-order chi connectivity index (χ0) is 37.0. The van der Waals surface area contributed by atoms with Gasteiger partial charge in [0.05, 0.1) is 62.5 Å². The van der Waals surface area contributed by atoms with Gasteiger partial charge in [0.15, 0.2) is 0 Å². The van der Waals surface area contributed by atoms with Crippen LogP contribution in [-0.2, 0) is 32.2 Å². The number of hydrogen-bond donors (Lipinski definition) is 2. The number of rotatable bonds is 8. The highest BCUT2D eigenvalue weighted by Crippen LogP contribution is 2.43. The molecule has 1 atom stereocenters. The molecule has 5 rings (SSSR count). The van der Waals surface area contributed by atoms with Crippen molar-refractivity contribution in [3.8, 4) is 6.07 Å². The summed E-state index contributed by atoms with van der Waals surface area (Å²) < 4.78 is 77.0. The fourth-order valence-electron chi connectivity index (χ4n) is 5.57. The zero-order valence-corrected chi connectivity index (χ0v) is 28.7. The van der Waals surface area contributed by atoms with Gasteiger partial charge < -0.3 is 9.22 Å². The first-order valence-corrected chi connectivity index (χ1v) is 16.6. The molecule has 264 valence electrons. The average molecular weight is 714 g/mol. The molecule has 50 heavy (non-hydrogen) atoms. The first-order chi connectivity index (χ1) is 23.4. The number of esters is 1. The maximum absolute atomic E-state index is 13.6. The number of nitriles is 1. The minimum atomic E-state index is -4.61. The van der Waals surface area contributed by atoms with E-state index >= 15 is 0 Å². The molecule has 0 radical (unpaired) electrons. The fraction of sp³-hybridized carbons (Fsp3) is 0.294. The molecule has 4 aromatic rings. The van der Waals surface area contributed by atoms with E-state index in [4.69, 9.17) is 9.29 Å². The van der Waals surface area contributed by atoms with Gasteiger partial charge >= 0.3 is 17.8 Å². The summed E-state index contributed by atoms with van der Waals surface area (Å²) in [7, 11) is 3.39. The second kappa shape index (κ2) is 14.7. The number of aromatic amines is 1. The number of H-pyrrole nitrogens is 1. The van der Waals surface area contributed by atoms with E-state index < -0.39 is 39.6 Å². The Balaban J connectivity index is 0.000000482. The van der Waals surface area contributed by atoms with Gasteiger partial charge in [-0.15, -0.1) is 5.10 Å². The van der Waals surface area contributed by atoms with E-state index in [0.717, 1.165) is 35.1 Å². The Bertz CT molecular complexity index is 2110. The third-order valence-corrected chi connectivity index (χ3v) is 8.73. The number of fused-ring (bicyclic) bond motifs is 1. The minimum absolute atomic E-state index is 0.0149. The van der Waals surface area contributed by atoms with E-state index in [9.17, 15) is 36.4 Å². The largest absolute Gasteiger partial charge is 0.466 e. The standard InChI is InChI=1S/C28H29F3N6O3.C6H6O3S/c1-17-23(25(38)40-5)24(22-12-11-18(16-32)14-19(22)8-7-13-37(2,3)4)36-26(33-34-27(36)39)35(17)21-10-6-9-20(15-21)28(29,30)31;7-10(8,9)6-4-2-1-3-5-6/h6,9-12,14-15,24H,7-8,13H2,1-5H3;1-5H,(H,7,8,9)/p+1/t24-;/m1./s1. The van der Waals surface area contributed by atoms with Gasteiger partial charge in [-0.25, -0.2) is 19.3 Å². The molecule has 0 fully saturated rings. The number of alkyl halides is 3. The number of nitrogens with one attached hydrogen (secondary N) is 1. The number of aryl methyl sites for hydroxylation is 1. The number of allylic oxidation sites excluding steroid dienone is 1. The van der Waals surface area contributed by atoms with Gasteiger partial charge in [-0.05, 0) is 66.9 Å². The van der Waals surface area contributed by atoms with Gasteiger partial charge in [0, 0.05) is 17.8 Å². The zero-order valence-electron chi connectivity index (χ0n) is 27.9. The van der Waals surface area contributed by atoms with Crippen LogP contribution in [0.3, 0.4) is 0 Å². The summed E-state index contributed by atoms with van der Waals surface area (Å²) in [5.41, 5.74) is 0.605. The summed E-state index contributed by atoms with van der Waals surface area (Å²) in [6.45, 7) is 2.41. The molecule has 1 aromatic heterocycles. The van der Waals surface area contributed by atoms with E-state index in [1.165, 1.54) is 40.8 Å². The third-order valence-electron chi connectivity index (χ3n) is 7.86. The van der Waals surface area contributed by atoms with Crippen molar-refractivity contribution in [2.45, 2.75) is 36.9 Å². The lowest BCUT2D eigenvalue weighted by Crippen LogP contribution is -2.38. The van der Waals surface area contributed by atoms with Crippen LogP contribution in [0.15, 0.2) is 93.8 Å². The number of hydrogen-bond acceptors (Lipinski definition) is 8. The highest BCUT2D eigenvalue weighted by atomic mass is 32.2. The predicted octanol–water partition coefficient (Wildman–Crippen LogP) is 5.22. The molecular weight excluding hydrogens is 677 g/mol. The quantitative estimate of drug-likeness (QED) is 0.142. The molecule has 3 aromatic carbocycles. The first kappa shape index (κ1) is 37.6. The molecule has 1 aliphatic heterocycles. The van der Waals surface area contributed by atoms with Gasteiger partial charge in [-0.3, -0.25) is 9.45 Å². The van der Waals surface area contributed by atoms with Crippen LogP contribution in [0.1, 0.15) is 41.6 Å². The molecule has 0 saturated heterocycles. The Labute approximate surface area is 287 Å². The molecule has 0 saturated carbocycles. The summed E-state index contributed by atoms with van der Waals surface area (Å²) in [5, 5.41) is 16.1. The number of carbonyl (C=O) groups is 1. The summed E-state index contributed by atoms with van der Waals surface area (Å²) in [5.74, 6) is -0.735. The van der Waals surface area contributed by atoms with Crippen LogP contribution in [0, 0.1) is 11.3 Å². The Morgan fingerprint density at radius 3 is 2.32 bits per heavy atom. The van der Waals surface area contributed by atoms with E-state index in [1.807, 2.05) is 0 Å². The molecular formula is C34H36F3N6O6S+. The van der Waals surface area contributed by atoms with Crippen molar-refractivity contribution >= 4 is 27.7 Å². The second-order valence-corrected chi connectivity index (χ2v) is 13.8. The predicted molar refractivity (Wildman–Crippen MR) is 178 cm³/mol.